The Hall–Kier alpha value is -0.940. The largest absolute Gasteiger partial charge is 0.247 e. The van der Waals surface area contributed by atoms with Crippen LogP contribution in [0, 0.1) is 0 Å². The lowest BCUT2D eigenvalue weighted by molar-refractivity contribution is 0.281. The summed E-state index contributed by atoms with van der Waals surface area (Å²) in [6, 6.07) is 9.08. The van der Waals surface area contributed by atoms with E-state index >= 15 is 0 Å². The molecule has 0 aliphatic rings. The molecule has 0 aromatic heterocycles. The van der Waals surface area contributed by atoms with Gasteiger partial charge in [-0.1, -0.05) is 30.3 Å². The molecule has 3 nitrogen and oxygen atoms in total. The maximum absolute atomic E-state index is 13.7. The molecule has 5 heteroatoms. The van der Waals surface area contributed by atoms with Crippen molar-refractivity contribution in [3.8, 4) is 0 Å². The monoisotopic (exact) mass is 273 g/mol. The smallest absolute Gasteiger partial charge is 0.214 e. The first-order chi connectivity index (χ1) is 8.15. The number of halogens is 1. The molecule has 0 saturated heterocycles. The lowest BCUT2D eigenvalue weighted by Gasteiger charge is -2.28. The molecule has 18 heavy (non-hydrogen) atoms. The number of hydrogen-bond donors (Lipinski definition) is 1. The fourth-order valence-corrected chi connectivity index (χ4v) is 2.30. The van der Waals surface area contributed by atoms with Gasteiger partial charge in [0, 0.05) is 5.92 Å². The highest BCUT2D eigenvalue weighted by molar-refractivity contribution is 7.90. The minimum atomic E-state index is -3.71. The molecule has 2 atom stereocenters. The molecule has 0 fully saturated rings. The van der Waals surface area contributed by atoms with Crippen molar-refractivity contribution in [3.05, 3.63) is 35.9 Å². The van der Waals surface area contributed by atoms with Gasteiger partial charge in [-0.3, -0.25) is 0 Å². The molecule has 2 unspecified atom stereocenters. The van der Waals surface area contributed by atoms with Crippen molar-refractivity contribution in [2.24, 2.45) is 5.14 Å². The second-order valence-corrected chi connectivity index (χ2v) is 7.40. The van der Waals surface area contributed by atoms with Crippen molar-refractivity contribution < 1.29 is 12.8 Å². The second-order valence-electron chi connectivity index (χ2n) is 5.20. The predicted octanol–water partition coefficient (Wildman–Crippen LogP) is 2.59. The number of benzene rings is 1. The first-order valence-corrected chi connectivity index (χ1v) is 7.41. The Labute approximate surface area is 108 Å². The zero-order valence-electron chi connectivity index (χ0n) is 10.9. The predicted molar refractivity (Wildman–Crippen MR) is 71.6 cm³/mol. The molecule has 1 rings (SSSR count). The quantitative estimate of drug-likeness (QED) is 0.896. The van der Waals surface area contributed by atoms with E-state index in [9.17, 15) is 12.8 Å². The van der Waals surface area contributed by atoms with Crippen molar-refractivity contribution in [2.45, 2.75) is 44.0 Å². The van der Waals surface area contributed by atoms with Gasteiger partial charge in [0.15, 0.2) is 0 Å². The second kappa shape index (κ2) is 5.36. The van der Waals surface area contributed by atoms with Crippen LogP contribution in [0.5, 0.6) is 0 Å². The van der Waals surface area contributed by atoms with Crippen molar-refractivity contribution in [3.63, 3.8) is 0 Å². The summed E-state index contributed by atoms with van der Waals surface area (Å²) in [5.41, 5.74) is 0.796. The van der Waals surface area contributed by atoms with Crippen LogP contribution in [0.4, 0.5) is 4.39 Å². The van der Waals surface area contributed by atoms with E-state index in [0.29, 0.717) is 0 Å². The fourth-order valence-electron chi connectivity index (χ4n) is 1.89. The summed E-state index contributed by atoms with van der Waals surface area (Å²) in [4.78, 5) is 0. The number of primary sulfonamides is 1. The van der Waals surface area contributed by atoms with Gasteiger partial charge in [-0.2, -0.15) is 0 Å². The van der Waals surface area contributed by atoms with Gasteiger partial charge >= 0.3 is 0 Å². The van der Waals surface area contributed by atoms with Crippen LogP contribution in [-0.4, -0.2) is 19.3 Å². The molecule has 1 aromatic rings. The molecular weight excluding hydrogens is 253 g/mol. The van der Waals surface area contributed by atoms with Crippen LogP contribution in [0.3, 0.4) is 0 Å². The van der Waals surface area contributed by atoms with Crippen LogP contribution < -0.4 is 5.14 Å². The van der Waals surface area contributed by atoms with E-state index in [0.717, 1.165) is 5.56 Å². The maximum atomic E-state index is 13.7. The van der Waals surface area contributed by atoms with E-state index in [1.807, 2.05) is 18.2 Å². The molecule has 0 heterocycles. The summed E-state index contributed by atoms with van der Waals surface area (Å²) in [6.45, 7) is 4.50. The summed E-state index contributed by atoms with van der Waals surface area (Å²) in [7, 11) is -3.71. The van der Waals surface area contributed by atoms with Crippen molar-refractivity contribution in [1.29, 1.82) is 0 Å². The Kier molecular flexibility index (Phi) is 4.50. The highest BCUT2D eigenvalue weighted by Gasteiger charge is 2.36. The minimum absolute atomic E-state index is 0.160. The highest BCUT2D eigenvalue weighted by atomic mass is 32.2. The molecule has 102 valence electrons. The van der Waals surface area contributed by atoms with Crippen molar-refractivity contribution >= 4 is 10.0 Å². The van der Waals surface area contributed by atoms with Gasteiger partial charge in [0.2, 0.25) is 10.0 Å². The number of hydrogen-bond acceptors (Lipinski definition) is 2. The van der Waals surface area contributed by atoms with Crippen LogP contribution in [-0.2, 0) is 10.0 Å². The molecular formula is C13H20FNO2S. The number of nitrogens with two attached hydrogens (primary N) is 1. The summed E-state index contributed by atoms with van der Waals surface area (Å²) in [5.74, 6) is -0.473. The Bertz CT molecular complexity index is 483. The molecule has 0 amide bonds. The Balaban J connectivity index is 3.04. The SMILES string of the molecule is CC(F)C(CC(C)(C)S(N)(=O)=O)c1ccccc1. The minimum Gasteiger partial charge on any atom is -0.247 e. The standard InChI is InChI=1S/C13H20FNO2S/c1-10(14)12(11-7-5-4-6-8-11)9-13(2,3)18(15,16)17/h4-8,10,12H,9H2,1-3H3,(H2,15,16,17). The molecule has 1 aromatic carbocycles. The third kappa shape index (κ3) is 3.53. The molecule has 0 bridgehead atoms. The number of rotatable bonds is 5. The van der Waals surface area contributed by atoms with Crippen LogP contribution in [0.2, 0.25) is 0 Å². The third-order valence-electron chi connectivity index (χ3n) is 3.26. The van der Waals surface area contributed by atoms with Gasteiger partial charge in [0.1, 0.15) is 6.17 Å². The van der Waals surface area contributed by atoms with Crippen LogP contribution in [0.1, 0.15) is 38.7 Å². The molecule has 0 aliphatic heterocycles. The van der Waals surface area contributed by atoms with Gasteiger partial charge in [0.05, 0.1) is 4.75 Å². The lowest BCUT2D eigenvalue weighted by Crippen LogP contribution is -2.40. The van der Waals surface area contributed by atoms with Crippen LogP contribution in [0.15, 0.2) is 30.3 Å². The Morgan fingerprint density at radius 2 is 1.78 bits per heavy atom. The number of sulfonamides is 1. The van der Waals surface area contributed by atoms with Crippen LogP contribution >= 0.6 is 0 Å². The van der Waals surface area contributed by atoms with Gasteiger partial charge in [0.25, 0.3) is 0 Å². The topological polar surface area (TPSA) is 60.2 Å². The first-order valence-electron chi connectivity index (χ1n) is 5.86. The van der Waals surface area contributed by atoms with E-state index in [1.165, 1.54) is 20.8 Å². The molecule has 0 spiro atoms. The van der Waals surface area contributed by atoms with Crippen molar-refractivity contribution in [2.75, 3.05) is 0 Å². The number of alkyl halides is 1. The van der Waals surface area contributed by atoms with E-state index in [2.05, 4.69) is 0 Å². The fraction of sp³-hybridized carbons (Fsp3) is 0.538. The maximum Gasteiger partial charge on any atom is 0.214 e. The summed E-state index contributed by atoms with van der Waals surface area (Å²) in [5, 5.41) is 5.19. The van der Waals surface area contributed by atoms with E-state index in [-0.39, 0.29) is 6.42 Å². The van der Waals surface area contributed by atoms with E-state index in [4.69, 9.17) is 5.14 Å². The Morgan fingerprint density at radius 1 is 1.28 bits per heavy atom. The zero-order chi connectivity index (χ0) is 14.0. The Morgan fingerprint density at radius 3 is 2.17 bits per heavy atom. The lowest BCUT2D eigenvalue weighted by atomic mass is 9.87. The summed E-state index contributed by atoms with van der Waals surface area (Å²) < 4.78 is 35.6. The van der Waals surface area contributed by atoms with Crippen LogP contribution in [0.25, 0.3) is 0 Å². The van der Waals surface area contributed by atoms with E-state index in [1.54, 1.807) is 12.1 Å². The summed E-state index contributed by atoms with van der Waals surface area (Å²) in [6.07, 6.45) is -0.971. The van der Waals surface area contributed by atoms with Gasteiger partial charge < -0.3 is 0 Å². The van der Waals surface area contributed by atoms with Crippen molar-refractivity contribution in [1.82, 2.24) is 0 Å². The van der Waals surface area contributed by atoms with Gasteiger partial charge in [-0.15, -0.1) is 0 Å². The molecule has 0 radical (unpaired) electrons. The van der Waals surface area contributed by atoms with Gasteiger partial charge in [-0.05, 0) is 32.8 Å². The summed E-state index contributed by atoms with van der Waals surface area (Å²) >= 11 is 0. The zero-order valence-corrected chi connectivity index (χ0v) is 11.7. The van der Waals surface area contributed by atoms with Gasteiger partial charge in [-0.25, -0.2) is 17.9 Å². The average Bonchev–Trinajstić information content (AvgIpc) is 2.25. The molecule has 0 aliphatic carbocycles. The third-order valence-corrected chi connectivity index (χ3v) is 4.97. The normalized spacial score (nSPS) is 16.3. The molecule has 2 N–H and O–H groups in total. The highest BCUT2D eigenvalue weighted by Crippen LogP contribution is 2.33. The first kappa shape index (κ1) is 15.1. The van der Waals surface area contributed by atoms with E-state index < -0.39 is 26.9 Å². The average molecular weight is 273 g/mol. The molecule has 0 saturated carbocycles.